The highest BCUT2D eigenvalue weighted by Gasteiger charge is 2.40. The van der Waals surface area contributed by atoms with E-state index >= 15 is 0 Å². The fraction of sp³-hybridized carbons (Fsp3) is 0.652. The summed E-state index contributed by atoms with van der Waals surface area (Å²) in [6.07, 6.45) is 6.51. The average Bonchev–Trinajstić information content (AvgIpc) is 3.29. The molecule has 1 atom stereocenters. The monoisotopic (exact) mass is 431 g/mol. The maximum atomic E-state index is 12.9. The second-order valence-corrected chi connectivity index (χ2v) is 9.82. The van der Waals surface area contributed by atoms with E-state index in [0.29, 0.717) is 17.8 Å². The van der Waals surface area contributed by atoms with Crippen molar-refractivity contribution in [2.75, 3.05) is 49.7 Å². The molecule has 6 nitrogen and oxygen atoms in total. The Balaban J connectivity index is 1.36. The van der Waals surface area contributed by atoms with Gasteiger partial charge in [0, 0.05) is 48.1 Å². The summed E-state index contributed by atoms with van der Waals surface area (Å²) in [5.41, 5.74) is 1.33. The summed E-state index contributed by atoms with van der Waals surface area (Å²) >= 11 is 1.96. The van der Waals surface area contributed by atoms with Crippen molar-refractivity contribution in [3.05, 3.63) is 29.8 Å². The van der Waals surface area contributed by atoms with E-state index in [1.54, 1.807) is 6.07 Å². The van der Waals surface area contributed by atoms with Crippen LogP contribution in [0.25, 0.3) is 0 Å². The van der Waals surface area contributed by atoms with E-state index in [9.17, 15) is 9.59 Å². The van der Waals surface area contributed by atoms with Gasteiger partial charge in [-0.15, -0.1) is 0 Å². The van der Waals surface area contributed by atoms with Crippen molar-refractivity contribution in [1.82, 2.24) is 10.2 Å². The van der Waals surface area contributed by atoms with Crippen molar-refractivity contribution < 1.29 is 14.3 Å². The van der Waals surface area contributed by atoms with Crippen LogP contribution in [0.5, 0.6) is 0 Å². The fourth-order valence-corrected chi connectivity index (χ4v) is 6.31. The molecule has 0 aromatic heterocycles. The maximum Gasteiger partial charge on any atom is 0.251 e. The summed E-state index contributed by atoms with van der Waals surface area (Å²) in [4.78, 5) is 27.9. The van der Waals surface area contributed by atoms with Gasteiger partial charge in [0.2, 0.25) is 5.91 Å². The normalized spacial score (nSPS) is 25.7. The van der Waals surface area contributed by atoms with Gasteiger partial charge in [-0.2, -0.15) is 11.8 Å². The van der Waals surface area contributed by atoms with E-state index in [1.165, 1.54) is 6.42 Å². The lowest BCUT2D eigenvalue weighted by atomic mass is 9.88. The molecular formula is C23H33N3O3S. The highest BCUT2D eigenvalue weighted by molar-refractivity contribution is 7.99. The molecule has 3 aliphatic rings. The van der Waals surface area contributed by atoms with E-state index in [-0.39, 0.29) is 23.3 Å². The van der Waals surface area contributed by atoms with Crippen molar-refractivity contribution in [2.45, 2.75) is 44.1 Å². The summed E-state index contributed by atoms with van der Waals surface area (Å²) in [5, 5.41) is 6.19. The highest BCUT2D eigenvalue weighted by atomic mass is 32.2. The van der Waals surface area contributed by atoms with E-state index in [4.69, 9.17) is 4.74 Å². The van der Waals surface area contributed by atoms with Gasteiger partial charge in [0.1, 0.15) is 0 Å². The second kappa shape index (κ2) is 10.2. The van der Waals surface area contributed by atoms with Gasteiger partial charge >= 0.3 is 0 Å². The van der Waals surface area contributed by atoms with Crippen LogP contribution in [-0.4, -0.2) is 66.6 Å². The predicted octanol–water partition coefficient (Wildman–Crippen LogP) is 3.14. The molecule has 0 spiro atoms. The Hall–Kier alpha value is -1.57. The zero-order valence-electron chi connectivity index (χ0n) is 17.7. The molecule has 30 heavy (non-hydrogen) atoms. The maximum absolute atomic E-state index is 12.9. The number of thioether (sulfide) groups is 1. The van der Waals surface area contributed by atoms with Crippen molar-refractivity contribution >= 4 is 29.3 Å². The summed E-state index contributed by atoms with van der Waals surface area (Å²) in [6, 6.07) is 7.31. The van der Waals surface area contributed by atoms with Crippen LogP contribution in [0.2, 0.25) is 0 Å². The number of nitrogens with one attached hydrogen (secondary N) is 2. The van der Waals surface area contributed by atoms with Gasteiger partial charge < -0.3 is 15.4 Å². The molecule has 4 rings (SSSR count). The van der Waals surface area contributed by atoms with Crippen molar-refractivity contribution in [2.24, 2.45) is 5.92 Å². The molecule has 2 heterocycles. The Bertz CT molecular complexity index is 739. The lowest BCUT2D eigenvalue weighted by Gasteiger charge is -2.43. The Morgan fingerprint density at radius 3 is 2.70 bits per heavy atom. The van der Waals surface area contributed by atoms with Crippen LogP contribution in [0, 0.1) is 5.92 Å². The zero-order valence-corrected chi connectivity index (χ0v) is 18.5. The summed E-state index contributed by atoms with van der Waals surface area (Å²) in [6.45, 7) is 4.04. The number of amides is 2. The Morgan fingerprint density at radius 1 is 1.17 bits per heavy atom. The van der Waals surface area contributed by atoms with Gasteiger partial charge in [0.25, 0.3) is 5.91 Å². The largest absolute Gasteiger partial charge is 0.379 e. The van der Waals surface area contributed by atoms with Crippen LogP contribution >= 0.6 is 11.8 Å². The molecule has 1 saturated carbocycles. The molecule has 7 heteroatoms. The molecule has 3 fully saturated rings. The van der Waals surface area contributed by atoms with Crippen LogP contribution < -0.4 is 10.6 Å². The van der Waals surface area contributed by atoms with Gasteiger partial charge in [0.15, 0.2) is 0 Å². The van der Waals surface area contributed by atoms with E-state index in [2.05, 4.69) is 15.5 Å². The van der Waals surface area contributed by atoms with Gasteiger partial charge in [-0.05, 0) is 43.2 Å². The minimum absolute atomic E-state index is 0.0247. The first-order chi connectivity index (χ1) is 14.7. The van der Waals surface area contributed by atoms with E-state index in [1.807, 2.05) is 30.0 Å². The minimum atomic E-state index is -0.0756. The molecule has 2 saturated heterocycles. The molecule has 2 aliphatic heterocycles. The van der Waals surface area contributed by atoms with Crippen LogP contribution in [0.15, 0.2) is 24.3 Å². The standard InChI is InChI=1S/C23H33N3O3S/c27-21(24-16-23(9-14-30-17-23)26-10-12-29-13-11-26)19-7-4-8-20(15-19)25-22(28)18-5-2-1-3-6-18/h4,7-8,15,18H,1-3,5-6,9-14,16-17H2,(H,24,27)(H,25,28). The van der Waals surface area contributed by atoms with Crippen molar-refractivity contribution in [3.8, 4) is 0 Å². The molecule has 1 unspecified atom stereocenters. The van der Waals surface area contributed by atoms with Crippen LogP contribution in [0.1, 0.15) is 48.9 Å². The summed E-state index contributed by atoms with van der Waals surface area (Å²) in [5.74, 6) is 2.29. The number of carbonyl (C=O) groups excluding carboxylic acids is 2. The first-order valence-corrected chi connectivity index (χ1v) is 12.4. The second-order valence-electron chi connectivity index (χ2n) is 8.71. The quantitative estimate of drug-likeness (QED) is 0.724. The third-order valence-electron chi connectivity index (χ3n) is 6.71. The van der Waals surface area contributed by atoms with Gasteiger partial charge in [-0.25, -0.2) is 0 Å². The first-order valence-electron chi connectivity index (χ1n) is 11.3. The summed E-state index contributed by atoms with van der Waals surface area (Å²) in [7, 11) is 0. The van der Waals surface area contributed by atoms with Crippen molar-refractivity contribution in [1.29, 1.82) is 0 Å². The van der Waals surface area contributed by atoms with E-state index in [0.717, 1.165) is 69.9 Å². The van der Waals surface area contributed by atoms with E-state index < -0.39 is 0 Å². The Kier molecular flexibility index (Phi) is 7.33. The van der Waals surface area contributed by atoms with Gasteiger partial charge in [0.05, 0.1) is 13.2 Å². The number of ether oxygens (including phenoxy) is 1. The SMILES string of the molecule is O=C(NCC1(N2CCOCC2)CCSC1)c1cccc(NC(=O)C2CCCCC2)c1. The number of morpholine rings is 1. The number of anilines is 1. The number of hydrogen-bond acceptors (Lipinski definition) is 5. The van der Waals surface area contributed by atoms with Crippen LogP contribution in [0.4, 0.5) is 5.69 Å². The fourth-order valence-electron chi connectivity index (χ4n) is 4.83. The minimum Gasteiger partial charge on any atom is -0.379 e. The molecule has 0 radical (unpaired) electrons. The number of benzene rings is 1. The Labute approximate surface area is 183 Å². The number of nitrogens with zero attached hydrogens (tertiary/aromatic N) is 1. The lowest BCUT2D eigenvalue weighted by molar-refractivity contribution is -0.120. The molecule has 1 aliphatic carbocycles. The third kappa shape index (κ3) is 5.18. The van der Waals surface area contributed by atoms with Crippen molar-refractivity contribution in [3.63, 3.8) is 0 Å². The summed E-state index contributed by atoms with van der Waals surface area (Å²) < 4.78 is 5.52. The molecular weight excluding hydrogens is 398 g/mol. The van der Waals surface area contributed by atoms with Gasteiger partial charge in [-0.3, -0.25) is 14.5 Å². The number of rotatable bonds is 6. The third-order valence-corrected chi connectivity index (χ3v) is 7.94. The first kappa shape index (κ1) is 21.7. The van der Waals surface area contributed by atoms with Crippen LogP contribution in [0.3, 0.4) is 0 Å². The predicted molar refractivity (Wildman–Crippen MR) is 121 cm³/mol. The zero-order chi connectivity index (χ0) is 20.8. The smallest absolute Gasteiger partial charge is 0.251 e. The molecule has 1 aromatic rings. The molecule has 1 aromatic carbocycles. The molecule has 164 valence electrons. The lowest BCUT2D eigenvalue weighted by Crippen LogP contribution is -2.59. The molecule has 2 amide bonds. The average molecular weight is 432 g/mol. The Morgan fingerprint density at radius 2 is 1.97 bits per heavy atom. The number of carbonyl (C=O) groups is 2. The molecule has 0 bridgehead atoms. The number of hydrogen-bond donors (Lipinski definition) is 2. The molecule has 2 N–H and O–H groups in total. The van der Waals surface area contributed by atoms with Gasteiger partial charge in [-0.1, -0.05) is 25.3 Å². The van der Waals surface area contributed by atoms with Crippen LogP contribution in [-0.2, 0) is 9.53 Å². The topological polar surface area (TPSA) is 70.7 Å². The highest BCUT2D eigenvalue weighted by Crippen LogP contribution is 2.33.